The lowest BCUT2D eigenvalue weighted by Crippen LogP contribution is -2.44. The second-order valence-electron chi connectivity index (χ2n) is 7.71. The van der Waals surface area contributed by atoms with E-state index in [1.165, 1.54) is 11.1 Å². The zero-order valence-corrected chi connectivity index (χ0v) is 16.7. The maximum atomic E-state index is 12.7. The van der Waals surface area contributed by atoms with E-state index in [-0.39, 0.29) is 34.0 Å². The summed E-state index contributed by atoms with van der Waals surface area (Å²) < 4.78 is 11.3. The molecule has 2 aromatic carbocycles. The van der Waals surface area contributed by atoms with Crippen LogP contribution in [0.2, 0.25) is 0 Å². The lowest BCUT2D eigenvalue weighted by Gasteiger charge is -2.37. The van der Waals surface area contributed by atoms with Gasteiger partial charge in [-0.25, -0.2) is 9.59 Å². The van der Waals surface area contributed by atoms with Crippen LogP contribution >= 0.6 is 22.6 Å². The summed E-state index contributed by atoms with van der Waals surface area (Å²) in [4.78, 5) is 24.4. The molecule has 0 saturated heterocycles. The predicted octanol–water partition coefficient (Wildman–Crippen LogP) is 4.76. The van der Waals surface area contributed by atoms with Crippen molar-refractivity contribution >= 4 is 32.5 Å². The molecule has 27 heavy (non-hydrogen) atoms. The monoisotopic (exact) mass is 474 g/mol. The van der Waals surface area contributed by atoms with Crippen molar-refractivity contribution in [3.8, 4) is 0 Å². The number of hydrogen-bond donors (Lipinski definition) is 0. The Balaban J connectivity index is 1.46. The molecule has 0 heterocycles. The van der Waals surface area contributed by atoms with Gasteiger partial charge in [0, 0.05) is 11.8 Å². The van der Waals surface area contributed by atoms with Crippen LogP contribution in [-0.4, -0.2) is 22.2 Å². The molecule has 138 valence electrons. The van der Waals surface area contributed by atoms with Crippen molar-refractivity contribution in [2.75, 3.05) is 0 Å². The summed E-state index contributed by atoms with van der Waals surface area (Å²) in [5.41, 5.74) is 3.30. The van der Waals surface area contributed by atoms with E-state index in [1.54, 1.807) is 34.7 Å². The van der Waals surface area contributed by atoms with Crippen LogP contribution in [-0.2, 0) is 15.9 Å². The third-order valence-electron chi connectivity index (χ3n) is 6.54. The average molecular weight is 474 g/mol. The van der Waals surface area contributed by atoms with Crippen molar-refractivity contribution in [3.05, 3.63) is 71.3 Å². The first-order valence-corrected chi connectivity index (χ1v) is 10.4. The molecule has 0 N–H and O–H groups in total. The molecule has 0 spiro atoms. The van der Waals surface area contributed by atoms with E-state index in [0.717, 1.165) is 12.8 Å². The van der Waals surface area contributed by atoms with Crippen LogP contribution in [0, 0.1) is 17.8 Å². The number of halogens is 1. The molecule has 5 rings (SSSR count). The summed E-state index contributed by atoms with van der Waals surface area (Å²) in [7, 11) is 0. The van der Waals surface area contributed by atoms with Crippen LogP contribution in [0.5, 0.6) is 0 Å². The van der Waals surface area contributed by atoms with Gasteiger partial charge in [0.1, 0.15) is 12.2 Å². The molecule has 2 bridgehead atoms. The van der Waals surface area contributed by atoms with E-state index in [9.17, 15) is 9.59 Å². The first-order valence-electron chi connectivity index (χ1n) is 9.33. The first kappa shape index (κ1) is 17.2. The fourth-order valence-electron chi connectivity index (χ4n) is 5.64. The number of benzene rings is 2. The van der Waals surface area contributed by atoms with Gasteiger partial charge in [0.2, 0.25) is 0 Å². The summed E-state index contributed by atoms with van der Waals surface area (Å²) in [6, 6.07) is 17.6. The van der Waals surface area contributed by atoms with E-state index in [4.69, 9.17) is 9.47 Å². The van der Waals surface area contributed by atoms with Gasteiger partial charge in [-0.3, -0.25) is 0 Å². The fourth-order valence-corrected chi connectivity index (χ4v) is 5.94. The summed E-state index contributed by atoms with van der Waals surface area (Å²) >= 11 is 1.67. The Morgan fingerprint density at radius 1 is 0.852 bits per heavy atom. The Labute approximate surface area is 171 Å². The van der Waals surface area contributed by atoms with Gasteiger partial charge < -0.3 is 9.47 Å². The molecule has 4 nitrogen and oxygen atoms in total. The fraction of sp³-hybridized carbons (Fsp3) is 0.364. The van der Waals surface area contributed by atoms with Crippen LogP contribution in [0.25, 0.3) is 0 Å². The van der Waals surface area contributed by atoms with Crippen molar-refractivity contribution in [1.29, 1.82) is 0 Å². The zero-order valence-electron chi connectivity index (χ0n) is 14.6. The molecule has 2 saturated carbocycles. The maximum Gasteiger partial charge on any atom is 0.367 e. The predicted molar refractivity (Wildman–Crippen MR) is 108 cm³/mol. The van der Waals surface area contributed by atoms with Crippen molar-refractivity contribution < 1.29 is 19.1 Å². The number of esters is 1. The summed E-state index contributed by atoms with van der Waals surface area (Å²) in [6.45, 7) is 0. The first-order chi connectivity index (χ1) is 13.1. The smallest absolute Gasteiger partial charge is 0.367 e. The number of rotatable bonds is 3. The van der Waals surface area contributed by atoms with Crippen LogP contribution in [0.4, 0.5) is 4.79 Å². The molecule has 0 radical (unpaired) electrons. The third-order valence-corrected chi connectivity index (χ3v) is 6.79. The second kappa shape index (κ2) is 6.62. The summed E-state index contributed by atoms with van der Waals surface area (Å²) in [5.74, 6) is 0.978. The Hall–Kier alpha value is -1.89. The van der Waals surface area contributed by atoms with E-state index in [0.29, 0.717) is 17.4 Å². The molecular weight excluding hydrogens is 455 g/mol. The number of ether oxygens (including phenoxy) is 2. The molecule has 0 aromatic heterocycles. The van der Waals surface area contributed by atoms with Crippen molar-refractivity contribution in [2.24, 2.45) is 17.8 Å². The zero-order chi connectivity index (χ0) is 18.5. The Kier molecular flexibility index (Phi) is 4.22. The normalized spacial score (nSPS) is 32.6. The minimum Gasteiger partial charge on any atom is -0.454 e. The highest BCUT2D eigenvalue weighted by Gasteiger charge is 2.63. The molecule has 3 aliphatic rings. The molecule has 3 aliphatic carbocycles. The highest BCUT2D eigenvalue weighted by Crippen LogP contribution is 2.62. The molecule has 2 fully saturated rings. The SMILES string of the molecule is O=C(I)OC1C2CC(C1OC(=O)c1ccccc1)C1c3ccccc3CC21. The number of hydrogen-bond acceptors (Lipinski definition) is 4. The summed E-state index contributed by atoms with van der Waals surface area (Å²) in [6.07, 6.45) is 1.25. The molecule has 2 aromatic rings. The van der Waals surface area contributed by atoms with Crippen molar-refractivity contribution in [1.82, 2.24) is 0 Å². The van der Waals surface area contributed by atoms with Crippen LogP contribution < -0.4 is 0 Å². The Morgan fingerprint density at radius 2 is 1.56 bits per heavy atom. The highest BCUT2D eigenvalue weighted by molar-refractivity contribution is 14.1. The standard InChI is InChI=1S/C22H19IO4/c23-22(25)27-19-16-11-17(18-14-9-5-4-8-13(14)10-15(16)18)20(19)26-21(24)12-6-2-1-3-7-12/h1-9,15-20H,10-11H2. The third kappa shape index (κ3) is 2.78. The van der Waals surface area contributed by atoms with Crippen LogP contribution in [0.15, 0.2) is 54.6 Å². The lowest BCUT2D eigenvalue weighted by molar-refractivity contribution is -0.0569. The van der Waals surface area contributed by atoms with Crippen molar-refractivity contribution in [2.45, 2.75) is 31.0 Å². The van der Waals surface area contributed by atoms with E-state index in [1.807, 2.05) is 18.2 Å². The van der Waals surface area contributed by atoms with Gasteiger partial charge in [-0.2, -0.15) is 0 Å². The van der Waals surface area contributed by atoms with E-state index >= 15 is 0 Å². The number of fused-ring (bicyclic) bond motifs is 7. The molecule has 6 unspecified atom stereocenters. The van der Waals surface area contributed by atoms with E-state index < -0.39 is 0 Å². The van der Waals surface area contributed by atoms with Gasteiger partial charge in [0.15, 0.2) is 0 Å². The van der Waals surface area contributed by atoms with Crippen LogP contribution in [0.1, 0.15) is 33.8 Å². The topological polar surface area (TPSA) is 52.6 Å². The maximum absolute atomic E-state index is 12.7. The van der Waals surface area contributed by atoms with Gasteiger partial charge in [0.25, 0.3) is 0 Å². The highest BCUT2D eigenvalue weighted by atomic mass is 127. The van der Waals surface area contributed by atoms with Crippen molar-refractivity contribution in [3.63, 3.8) is 0 Å². The minimum atomic E-state index is -0.381. The molecule has 5 heteroatoms. The van der Waals surface area contributed by atoms with Gasteiger partial charge in [0.05, 0.1) is 28.2 Å². The Morgan fingerprint density at radius 3 is 2.33 bits per heavy atom. The van der Waals surface area contributed by atoms with Gasteiger partial charge in [-0.15, -0.1) is 0 Å². The van der Waals surface area contributed by atoms with Gasteiger partial charge in [-0.05, 0) is 47.9 Å². The lowest BCUT2D eigenvalue weighted by atomic mass is 9.76. The quantitative estimate of drug-likeness (QED) is 0.366. The average Bonchev–Trinajstić information content (AvgIpc) is 3.32. The molecule has 0 amide bonds. The largest absolute Gasteiger partial charge is 0.454 e. The molecular formula is C22H19IO4. The molecule has 0 aliphatic heterocycles. The van der Waals surface area contributed by atoms with Gasteiger partial charge >= 0.3 is 9.95 Å². The number of carbonyl (C=O) groups excluding carboxylic acids is 2. The number of carbonyl (C=O) groups is 2. The minimum absolute atomic E-state index is 0.206. The second-order valence-corrected chi connectivity index (χ2v) is 8.59. The van der Waals surface area contributed by atoms with E-state index in [2.05, 4.69) is 24.3 Å². The van der Waals surface area contributed by atoms with Crippen LogP contribution in [0.3, 0.4) is 0 Å². The summed E-state index contributed by atoms with van der Waals surface area (Å²) in [5, 5.41) is 0. The van der Waals surface area contributed by atoms with Gasteiger partial charge in [-0.1, -0.05) is 42.5 Å². The molecule has 6 atom stereocenters. The Bertz CT molecular complexity index is 896.